The Hall–Kier alpha value is -0.860. The van der Waals surface area contributed by atoms with Crippen molar-refractivity contribution in [3.05, 3.63) is 26.8 Å². The summed E-state index contributed by atoms with van der Waals surface area (Å²) in [6.07, 6.45) is 0. The second-order valence-corrected chi connectivity index (χ2v) is 4.81. The van der Waals surface area contributed by atoms with E-state index in [4.69, 9.17) is 17.3 Å². The number of nitrogens with two attached hydrogens (primary N) is 1. The van der Waals surface area contributed by atoms with Crippen LogP contribution in [-0.4, -0.2) is 24.9 Å². The summed E-state index contributed by atoms with van der Waals surface area (Å²) in [5.74, 6) is -0.733. The highest BCUT2D eigenvalue weighted by Gasteiger charge is 2.07. The first-order chi connectivity index (χ1) is 8.02. The van der Waals surface area contributed by atoms with E-state index < -0.39 is 0 Å². The molecular weight excluding hydrogens is 356 g/mol. The van der Waals surface area contributed by atoms with Gasteiger partial charge in [0.2, 0.25) is 11.8 Å². The number of hydrogen-bond acceptors (Lipinski definition) is 3. The van der Waals surface area contributed by atoms with Gasteiger partial charge in [0, 0.05) is 3.57 Å². The van der Waals surface area contributed by atoms with E-state index in [1.807, 2.05) is 6.07 Å². The zero-order valence-corrected chi connectivity index (χ0v) is 11.7. The lowest BCUT2D eigenvalue weighted by Crippen LogP contribution is -2.36. The minimum absolute atomic E-state index is 0.127. The molecule has 0 aliphatic heterocycles. The van der Waals surface area contributed by atoms with Crippen molar-refractivity contribution < 1.29 is 9.59 Å². The molecule has 0 aliphatic rings. The SMILES string of the molecule is NCC(=O)NCC(=O)Nc1ccc(I)cc1Cl. The first kappa shape index (κ1) is 14.2. The molecule has 92 valence electrons. The summed E-state index contributed by atoms with van der Waals surface area (Å²) in [4.78, 5) is 22.3. The van der Waals surface area contributed by atoms with Gasteiger partial charge in [-0.1, -0.05) is 11.6 Å². The van der Waals surface area contributed by atoms with E-state index in [1.165, 1.54) is 0 Å². The Morgan fingerprint density at radius 1 is 1.35 bits per heavy atom. The monoisotopic (exact) mass is 367 g/mol. The lowest BCUT2D eigenvalue weighted by molar-refractivity contribution is -0.123. The normalized spacial score (nSPS) is 9.82. The Labute approximate surface area is 117 Å². The van der Waals surface area contributed by atoms with Crippen LogP contribution in [-0.2, 0) is 9.59 Å². The predicted molar refractivity (Wildman–Crippen MR) is 74.9 cm³/mol. The quantitative estimate of drug-likeness (QED) is 0.693. The van der Waals surface area contributed by atoms with Crippen LogP contribution in [0.15, 0.2) is 18.2 Å². The van der Waals surface area contributed by atoms with Crippen LogP contribution in [0, 0.1) is 3.57 Å². The lowest BCUT2D eigenvalue weighted by Gasteiger charge is -2.08. The van der Waals surface area contributed by atoms with Crippen LogP contribution in [0.1, 0.15) is 0 Å². The van der Waals surface area contributed by atoms with Gasteiger partial charge in [-0.2, -0.15) is 0 Å². The number of hydrogen-bond donors (Lipinski definition) is 3. The third-order valence-electron chi connectivity index (χ3n) is 1.84. The first-order valence-electron chi connectivity index (χ1n) is 4.74. The van der Waals surface area contributed by atoms with Gasteiger partial charge in [0.15, 0.2) is 0 Å². The highest BCUT2D eigenvalue weighted by atomic mass is 127. The summed E-state index contributed by atoms with van der Waals surface area (Å²) in [6, 6.07) is 5.25. The third kappa shape index (κ3) is 4.88. The van der Waals surface area contributed by atoms with Crippen molar-refractivity contribution >= 4 is 51.7 Å². The molecule has 0 bridgehead atoms. The number of carbonyl (C=O) groups excluding carboxylic acids is 2. The van der Waals surface area contributed by atoms with Crippen LogP contribution < -0.4 is 16.4 Å². The van der Waals surface area contributed by atoms with E-state index >= 15 is 0 Å². The molecule has 0 heterocycles. The summed E-state index contributed by atoms with van der Waals surface area (Å²) in [6.45, 7) is -0.268. The zero-order valence-electron chi connectivity index (χ0n) is 8.80. The minimum Gasteiger partial charge on any atom is -0.346 e. The molecule has 0 saturated carbocycles. The van der Waals surface area contributed by atoms with Crippen molar-refractivity contribution in [2.45, 2.75) is 0 Å². The third-order valence-corrected chi connectivity index (χ3v) is 2.82. The van der Waals surface area contributed by atoms with Crippen LogP contribution in [0.5, 0.6) is 0 Å². The van der Waals surface area contributed by atoms with Gasteiger partial charge in [-0.25, -0.2) is 0 Å². The molecule has 17 heavy (non-hydrogen) atoms. The van der Waals surface area contributed by atoms with Gasteiger partial charge in [-0.05, 0) is 40.8 Å². The Balaban J connectivity index is 2.53. The Morgan fingerprint density at radius 3 is 2.65 bits per heavy atom. The number of anilines is 1. The number of halogens is 2. The van der Waals surface area contributed by atoms with Gasteiger partial charge >= 0.3 is 0 Å². The molecule has 0 saturated heterocycles. The molecule has 1 aromatic carbocycles. The lowest BCUT2D eigenvalue weighted by atomic mass is 10.3. The molecule has 0 aliphatic carbocycles. The Kier molecular flexibility index (Phi) is 5.66. The summed E-state index contributed by atoms with van der Waals surface area (Å²) < 4.78 is 0.974. The molecule has 1 rings (SSSR count). The first-order valence-corrected chi connectivity index (χ1v) is 6.20. The number of rotatable bonds is 4. The van der Waals surface area contributed by atoms with E-state index in [9.17, 15) is 9.59 Å². The highest BCUT2D eigenvalue weighted by molar-refractivity contribution is 14.1. The van der Waals surface area contributed by atoms with E-state index in [0.717, 1.165) is 3.57 Å². The van der Waals surface area contributed by atoms with Crippen LogP contribution in [0.25, 0.3) is 0 Å². The van der Waals surface area contributed by atoms with Crippen LogP contribution in [0.3, 0.4) is 0 Å². The van der Waals surface area contributed by atoms with Gasteiger partial charge in [0.05, 0.1) is 23.8 Å². The second kappa shape index (κ2) is 6.77. The number of amides is 2. The van der Waals surface area contributed by atoms with Crippen molar-refractivity contribution in [1.29, 1.82) is 0 Å². The summed E-state index contributed by atoms with van der Waals surface area (Å²) >= 11 is 8.05. The fourth-order valence-electron chi connectivity index (χ4n) is 1.04. The zero-order chi connectivity index (χ0) is 12.8. The summed E-state index contributed by atoms with van der Waals surface area (Å²) in [5.41, 5.74) is 5.60. The molecule has 0 aromatic heterocycles. The number of nitrogens with one attached hydrogen (secondary N) is 2. The number of carbonyl (C=O) groups is 2. The molecule has 0 unspecified atom stereocenters. The average Bonchev–Trinajstić information content (AvgIpc) is 2.29. The van der Waals surface area contributed by atoms with E-state index in [-0.39, 0.29) is 24.9 Å². The number of benzene rings is 1. The molecule has 4 N–H and O–H groups in total. The van der Waals surface area contributed by atoms with Crippen LogP contribution >= 0.6 is 34.2 Å². The van der Waals surface area contributed by atoms with E-state index in [1.54, 1.807) is 12.1 Å². The van der Waals surface area contributed by atoms with E-state index in [2.05, 4.69) is 33.2 Å². The van der Waals surface area contributed by atoms with Crippen LogP contribution in [0.2, 0.25) is 5.02 Å². The van der Waals surface area contributed by atoms with Gasteiger partial charge in [0.25, 0.3) is 0 Å². The maximum Gasteiger partial charge on any atom is 0.243 e. The molecule has 0 fully saturated rings. The maximum atomic E-state index is 11.4. The predicted octanol–water partition coefficient (Wildman–Crippen LogP) is 0.958. The molecule has 5 nitrogen and oxygen atoms in total. The molecule has 2 amide bonds. The molecule has 0 radical (unpaired) electrons. The summed E-state index contributed by atoms with van der Waals surface area (Å²) in [7, 11) is 0. The van der Waals surface area contributed by atoms with Crippen molar-refractivity contribution in [3.63, 3.8) is 0 Å². The fourth-order valence-corrected chi connectivity index (χ4v) is 1.94. The molecule has 7 heteroatoms. The molecule has 0 spiro atoms. The second-order valence-electron chi connectivity index (χ2n) is 3.15. The topological polar surface area (TPSA) is 84.2 Å². The standard InChI is InChI=1S/C10H11ClIN3O2/c11-7-3-6(12)1-2-8(7)15-10(17)5-14-9(16)4-13/h1-3H,4-5,13H2,(H,14,16)(H,15,17). The van der Waals surface area contributed by atoms with Gasteiger partial charge in [-0.3, -0.25) is 9.59 Å². The van der Waals surface area contributed by atoms with Crippen molar-refractivity contribution in [1.82, 2.24) is 5.32 Å². The maximum absolute atomic E-state index is 11.4. The largest absolute Gasteiger partial charge is 0.346 e. The minimum atomic E-state index is -0.381. The molecule has 1 aromatic rings. The van der Waals surface area contributed by atoms with Crippen molar-refractivity contribution in [3.8, 4) is 0 Å². The highest BCUT2D eigenvalue weighted by Crippen LogP contribution is 2.23. The van der Waals surface area contributed by atoms with Gasteiger partial charge in [-0.15, -0.1) is 0 Å². The molecular formula is C10H11ClIN3O2. The van der Waals surface area contributed by atoms with Crippen LogP contribution in [0.4, 0.5) is 5.69 Å². The Bertz CT molecular complexity index is 440. The average molecular weight is 368 g/mol. The van der Waals surface area contributed by atoms with Crippen molar-refractivity contribution in [2.24, 2.45) is 5.73 Å². The van der Waals surface area contributed by atoms with Crippen molar-refractivity contribution in [2.75, 3.05) is 18.4 Å². The fraction of sp³-hybridized carbons (Fsp3) is 0.200. The summed E-state index contributed by atoms with van der Waals surface area (Å²) in [5, 5.41) is 5.40. The Morgan fingerprint density at radius 2 is 2.06 bits per heavy atom. The van der Waals surface area contributed by atoms with Gasteiger partial charge < -0.3 is 16.4 Å². The van der Waals surface area contributed by atoms with Gasteiger partial charge in [0.1, 0.15) is 0 Å². The smallest absolute Gasteiger partial charge is 0.243 e. The molecule has 0 atom stereocenters. The van der Waals surface area contributed by atoms with E-state index in [0.29, 0.717) is 10.7 Å².